The first-order chi connectivity index (χ1) is 9.02. The summed E-state index contributed by atoms with van der Waals surface area (Å²) in [4.78, 5) is 3.99. The summed E-state index contributed by atoms with van der Waals surface area (Å²) in [6.45, 7) is 0. The van der Waals surface area contributed by atoms with E-state index in [2.05, 4.69) is 10.3 Å². The Balaban J connectivity index is 2.40. The van der Waals surface area contributed by atoms with Gasteiger partial charge in [-0.15, -0.1) is 0 Å². The standard InChI is InChI=1S/C12H5Cl3FN3/c13-8-3-7(4-9(14)11(8)16)19-12-10(15)6(5-17)1-2-18-12/h1-4H,(H,18,19). The first-order valence-corrected chi connectivity index (χ1v) is 6.12. The van der Waals surface area contributed by atoms with Gasteiger partial charge in [-0.05, 0) is 18.2 Å². The fourth-order valence-corrected chi connectivity index (χ4v) is 2.07. The van der Waals surface area contributed by atoms with E-state index in [0.29, 0.717) is 5.69 Å². The second-order valence-corrected chi connectivity index (χ2v) is 4.70. The third kappa shape index (κ3) is 2.90. The van der Waals surface area contributed by atoms with Gasteiger partial charge < -0.3 is 5.32 Å². The first kappa shape index (κ1) is 13.9. The molecule has 96 valence electrons. The number of rotatable bonds is 2. The average Bonchev–Trinajstić information content (AvgIpc) is 2.38. The van der Waals surface area contributed by atoms with Crippen molar-refractivity contribution >= 4 is 46.3 Å². The number of nitriles is 1. The summed E-state index contributed by atoms with van der Waals surface area (Å²) in [6.07, 6.45) is 1.43. The number of hydrogen-bond acceptors (Lipinski definition) is 3. The molecule has 0 atom stereocenters. The molecule has 0 aliphatic heterocycles. The molecule has 1 aromatic heterocycles. The van der Waals surface area contributed by atoms with Crippen molar-refractivity contribution in [3.63, 3.8) is 0 Å². The number of halogens is 4. The Bertz CT molecular complexity index is 659. The lowest BCUT2D eigenvalue weighted by molar-refractivity contribution is 0.629. The van der Waals surface area contributed by atoms with Gasteiger partial charge in [0.1, 0.15) is 11.1 Å². The van der Waals surface area contributed by atoms with Crippen LogP contribution in [0.15, 0.2) is 24.4 Å². The number of pyridine rings is 1. The Morgan fingerprint density at radius 2 is 1.84 bits per heavy atom. The van der Waals surface area contributed by atoms with Gasteiger partial charge in [-0.25, -0.2) is 9.37 Å². The molecule has 7 heteroatoms. The number of aromatic nitrogens is 1. The molecule has 0 unspecified atom stereocenters. The summed E-state index contributed by atoms with van der Waals surface area (Å²) in [6, 6.07) is 6.11. The molecule has 2 aromatic rings. The van der Waals surface area contributed by atoms with Crippen LogP contribution in [0.5, 0.6) is 0 Å². The summed E-state index contributed by atoms with van der Waals surface area (Å²) in [5.74, 6) is -0.432. The van der Waals surface area contributed by atoms with Crippen molar-refractivity contribution in [1.82, 2.24) is 4.98 Å². The number of nitrogens with zero attached hydrogens (tertiary/aromatic N) is 2. The summed E-state index contributed by atoms with van der Waals surface area (Å²) in [5.41, 5.74) is 0.694. The van der Waals surface area contributed by atoms with Crippen LogP contribution in [0.2, 0.25) is 15.1 Å². The van der Waals surface area contributed by atoms with Gasteiger partial charge in [-0.1, -0.05) is 34.8 Å². The van der Waals surface area contributed by atoms with E-state index in [-0.39, 0.29) is 26.4 Å². The zero-order chi connectivity index (χ0) is 14.0. The molecular weight excluding hydrogens is 312 g/mol. The van der Waals surface area contributed by atoms with Gasteiger partial charge in [-0.3, -0.25) is 0 Å². The van der Waals surface area contributed by atoms with Crippen LogP contribution in [0, 0.1) is 17.1 Å². The molecule has 0 aliphatic rings. The lowest BCUT2D eigenvalue weighted by atomic mass is 10.2. The van der Waals surface area contributed by atoms with E-state index in [1.807, 2.05) is 6.07 Å². The summed E-state index contributed by atoms with van der Waals surface area (Å²) in [7, 11) is 0. The maximum atomic E-state index is 13.3. The maximum Gasteiger partial charge on any atom is 0.160 e. The predicted molar refractivity (Wildman–Crippen MR) is 73.7 cm³/mol. The van der Waals surface area contributed by atoms with E-state index in [1.54, 1.807) is 0 Å². The number of nitrogens with one attached hydrogen (secondary N) is 1. The molecule has 2 rings (SSSR count). The van der Waals surface area contributed by atoms with Gasteiger partial charge in [0.25, 0.3) is 0 Å². The van der Waals surface area contributed by atoms with Crippen LogP contribution < -0.4 is 5.32 Å². The second kappa shape index (κ2) is 5.62. The summed E-state index contributed by atoms with van der Waals surface area (Å²) < 4.78 is 13.3. The molecule has 0 saturated heterocycles. The van der Waals surface area contributed by atoms with E-state index in [0.717, 1.165) is 0 Å². The maximum absolute atomic E-state index is 13.3. The van der Waals surface area contributed by atoms with Crippen molar-refractivity contribution in [3.8, 4) is 6.07 Å². The van der Waals surface area contributed by atoms with Crippen molar-refractivity contribution in [3.05, 3.63) is 50.8 Å². The van der Waals surface area contributed by atoms with Crippen LogP contribution >= 0.6 is 34.8 Å². The normalized spacial score (nSPS) is 10.1. The molecule has 1 N–H and O–H groups in total. The summed E-state index contributed by atoms with van der Waals surface area (Å²) in [5, 5.41) is 11.6. The highest BCUT2D eigenvalue weighted by molar-refractivity contribution is 6.35. The Labute approximate surface area is 123 Å². The molecule has 0 amide bonds. The minimum atomic E-state index is -0.696. The van der Waals surface area contributed by atoms with Crippen molar-refractivity contribution in [2.45, 2.75) is 0 Å². The van der Waals surface area contributed by atoms with Crippen molar-refractivity contribution in [2.75, 3.05) is 5.32 Å². The van der Waals surface area contributed by atoms with Crippen LogP contribution in [0.25, 0.3) is 0 Å². The van der Waals surface area contributed by atoms with E-state index in [4.69, 9.17) is 40.1 Å². The zero-order valence-electron chi connectivity index (χ0n) is 9.22. The van der Waals surface area contributed by atoms with Gasteiger partial charge >= 0.3 is 0 Å². The highest BCUT2D eigenvalue weighted by atomic mass is 35.5. The Kier molecular flexibility index (Phi) is 4.11. The van der Waals surface area contributed by atoms with Crippen molar-refractivity contribution in [2.24, 2.45) is 0 Å². The molecule has 0 radical (unpaired) electrons. The lowest BCUT2D eigenvalue weighted by Crippen LogP contribution is -1.96. The zero-order valence-corrected chi connectivity index (χ0v) is 11.5. The van der Waals surface area contributed by atoms with E-state index < -0.39 is 5.82 Å². The van der Waals surface area contributed by atoms with Gasteiger partial charge in [0, 0.05) is 11.9 Å². The van der Waals surface area contributed by atoms with Crippen molar-refractivity contribution in [1.29, 1.82) is 5.26 Å². The molecule has 0 spiro atoms. The fraction of sp³-hybridized carbons (Fsp3) is 0. The molecule has 0 aliphatic carbocycles. The topological polar surface area (TPSA) is 48.7 Å². The third-order valence-corrected chi connectivity index (χ3v) is 3.19. The quantitative estimate of drug-likeness (QED) is 0.810. The van der Waals surface area contributed by atoms with Crippen molar-refractivity contribution < 1.29 is 4.39 Å². The molecular formula is C12H5Cl3FN3. The molecule has 0 fully saturated rings. The number of hydrogen-bond donors (Lipinski definition) is 1. The Morgan fingerprint density at radius 1 is 1.21 bits per heavy atom. The third-order valence-electron chi connectivity index (χ3n) is 2.26. The van der Waals surface area contributed by atoms with Gasteiger partial charge in [0.05, 0.1) is 15.6 Å². The highest BCUT2D eigenvalue weighted by Crippen LogP contribution is 2.31. The van der Waals surface area contributed by atoms with Gasteiger partial charge in [0.2, 0.25) is 0 Å². The van der Waals surface area contributed by atoms with Gasteiger partial charge in [-0.2, -0.15) is 5.26 Å². The van der Waals surface area contributed by atoms with Gasteiger partial charge in [0.15, 0.2) is 11.6 Å². The SMILES string of the molecule is N#Cc1ccnc(Nc2cc(Cl)c(F)c(Cl)c2)c1Cl. The van der Waals surface area contributed by atoms with Crippen LogP contribution in [0.4, 0.5) is 15.9 Å². The van der Waals surface area contributed by atoms with Crippen LogP contribution in [-0.4, -0.2) is 4.98 Å². The second-order valence-electron chi connectivity index (χ2n) is 3.51. The fourth-order valence-electron chi connectivity index (χ4n) is 1.38. The van der Waals surface area contributed by atoms with E-state index >= 15 is 0 Å². The molecule has 1 heterocycles. The smallest absolute Gasteiger partial charge is 0.160 e. The number of anilines is 2. The molecule has 3 nitrogen and oxygen atoms in total. The predicted octanol–water partition coefficient (Wildman–Crippen LogP) is 4.80. The summed E-state index contributed by atoms with van der Waals surface area (Å²) >= 11 is 17.3. The molecule has 0 saturated carbocycles. The highest BCUT2D eigenvalue weighted by Gasteiger charge is 2.11. The van der Waals surface area contributed by atoms with E-state index in [1.165, 1.54) is 24.4 Å². The van der Waals surface area contributed by atoms with Crippen LogP contribution in [0.1, 0.15) is 5.56 Å². The van der Waals surface area contributed by atoms with E-state index in [9.17, 15) is 4.39 Å². The van der Waals surface area contributed by atoms with Crippen LogP contribution in [0.3, 0.4) is 0 Å². The van der Waals surface area contributed by atoms with Crippen LogP contribution in [-0.2, 0) is 0 Å². The molecule has 0 bridgehead atoms. The monoisotopic (exact) mass is 315 g/mol. The molecule has 19 heavy (non-hydrogen) atoms. The first-order valence-electron chi connectivity index (χ1n) is 4.99. The minimum absolute atomic E-state index is 0.123. The minimum Gasteiger partial charge on any atom is -0.339 e. The Hall–Kier alpha value is -1.54. The number of benzene rings is 1. The molecule has 1 aromatic carbocycles. The largest absolute Gasteiger partial charge is 0.339 e. The Morgan fingerprint density at radius 3 is 2.42 bits per heavy atom. The average molecular weight is 317 g/mol. The lowest BCUT2D eigenvalue weighted by Gasteiger charge is -2.09.